The van der Waals surface area contributed by atoms with E-state index >= 15 is 0 Å². The summed E-state index contributed by atoms with van der Waals surface area (Å²) >= 11 is 0. The Morgan fingerprint density at radius 2 is 2.00 bits per heavy atom. The monoisotopic (exact) mass is 316 g/mol. The number of imidazole rings is 1. The predicted octanol–water partition coefficient (Wildman–Crippen LogP) is 2.40. The van der Waals surface area contributed by atoms with E-state index in [0.29, 0.717) is 11.9 Å². The maximum Gasteiger partial charge on any atom is 0.246 e. The molecule has 0 aromatic carbocycles. The van der Waals surface area contributed by atoms with Gasteiger partial charge < -0.3 is 9.47 Å². The van der Waals surface area contributed by atoms with E-state index in [4.69, 9.17) is 0 Å². The highest BCUT2D eigenvalue weighted by Crippen LogP contribution is 2.37. The fourth-order valence-electron chi connectivity index (χ4n) is 4.08. The van der Waals surface area contributed by atoms with Crippen LogP contribution in [0.1, 0.15) is 63.0 Å². The van der Waals surface area contributed by atoms with Gasteiger partial charge in [0.05, 0.1) is 17.7 Å². The van der Waals surface area contributed by atoms with Gasteiger partial charge in [0.25, 0.3) is 0 Å². The zero-order valence-corrected chi connectivity index (χ0v) is 14.4. The lowest BCUT2D eigenvalue weighted by Gasteiger charge is -2.37. The molecule has 0 N–H and O–H groups in total. The average Bonchev–Trinajstić information content (AvgIpc) is 3.04. The largest absolute Gasteiger partial charge is 0.341 e. The molecule has 0 radical (unpaired) electrons. The summed E-state index contributed by atoms with van der Waals surface area (Å²) in [6.45, 7) is 8.27. The quantitative estimate of drug-likeness (QED) is 0.856. The standard InChI is InChI=1S/C18H28N4O/c1-13(2)22-12-19-15-7-10-21(11-14-5-6-14)17(16(15)22)18(23)20-8-3-4-9-20/h12-14,17H,3-11H2,1-2H3. The van der Waals surface area contributed by atoms with Crippen LogP contribution in [0.4, 0.5) is 0 Å². The number of fused-ring (bicyclic) bond motifs is 1. The van der Waals surface area contributed by atoms with Gasteiger partial charge in [0.1, 0.15) is 6.04 Å². The summed E-state index contributed by atoms with van der Waals surface area (Å²) in [5.74, 6) is 1.12. The molecule has 1 saturated carbocycles. The van der Waals surface area contributed by atoms with Crippen molar-refractivity contribution in [1.29, 1.82) is 0 Å². The number of likely N-dealkylation sites (tertiary alicyclic amines) is 1. The zero-order chi connectivity index (χ0) is 16.0. The van der Waals surface area contributed by atoms with E-state index in [2.05, 4.69) is 33.2 Å². The van der Waals surface area contributed by atoms with Gasteiger partial charge in [-0.2, -0.15) is 0 Å². The Morgan fingerprint density at radius 3 is 2.65 bits per heavy atom. The van der Waals surface area contributed by atoms with Crippen LogP contribution < -0.4 is 0 Å². The molecule has 3 heterocycles. The number of carbonyl (C=O) groups excluding carboxylic acids is 1. The predicted molar refractivity (Wildman–Crippen MR) is 89.2 cm³/mol. The van der Waals surface area contributed by atoms with Crippen LogP contribution in [-0.2, 0) is 11.2 Å². The lowest BCUT2D eigenvalue weighted by molar-refractivity contribution is -0.137. The molecule has 1 aromatic rings. The highest BCUT2D eigenvalue weighted by Gasteiger charge is 2.41. The van der Waals surface area contributed by atoms with Crippen molar-refractivity contribution in [3.63, 3.8) is 0 Å². The number of amides is 1. The van der Waals surface area contributed by atoms with Gasteiger partial charge in [0.15, 0.2) is 0 Å². The molecule has 1 aromatic heterocycles. The molecule has 1 unspecified atom stereocenters. The Kier molecular flexibility index (Phi) is 3.92. The van der Waals surface area contributed by atoms with Gasteiger partial charge in [0, 0.05) is 38.6 Å². The molecule has 3 aliphatic rings. The second kappa shape index (κ2) is 5.93. The molecular formula is C18H28N4O. The van der Waals surface area contributed by atoms with Crippen LogP contribution >= 0.6 is 0 Å². The van der Waals surface area contributed by atoms with Crippen molar-refractivity contribution in [3.05, 3.63) is 17.7 Å². The van der Waals surface area contributed by atoms with Crippen LogP contribution in [-0.4, -0.2) is 51.4 Å². The van der Waals surface area contributed by atoms with Gasteiger partial charge >= 0.3 is 0 Å². The first-order chi connectivity index (χ1) is 11.1. The first kappa shape index (κ1) is 15.2. The summed E-state index contributed by atoms with van der Waals surface area (Å²) in [7, 11) is 0. The molecular weight excluding hydrogens is 288 g/mol. The van der Waals surface area contributed by atoms with Crippen LogP contribution in [0.3, 0.4) is 0 Å². The van der Waals surface area contributed by atoms with Crippen molar-refractivity contribution in [2.75, 3.05) is 26.2 Å². The molecule has 0 spiro atoms. The molecule has 1 amide bonds. The normalized spacial score (nSPS) is 25.2. The summed E-state index contributed by atoms with van der Waals surface area (Å²) in [6.07, 6.45) is 7.88. The lowest BCUT2D eigenvalue weighted by Crippen LogP contribution is -2.47. The third kappa shape index (κ3) is 2.80. The van der Waals surface area contributed by atoms with Crippen molar-refractivity contribution >= 4 is 5.91 Å². The zero-order valence-electron chi connectivity index (χ0n) is 14.4. The number of hydrogen-bond donors (Lipinski definition) is 0. The molecule has 4 rings (SSSR count). The first-order valence-corrected chi connectivity index (χ1v) is 9.23. The number of nitrogens with zero attached hydrogens (tertiary/aromatic N) is 4. The third-order valence-corrected chi connectivity index (χ3v) is 5.57. The number of aromatic nitrogens is 2. The Labute approximate surface area is 138 Å². The fourth-order valence-corrected chi connectivity index (χ4v) is 4.08. The number of rotatable bonds is 4. The van der Waals surface area contributed by atoms with Crippen molar-refractivity contribution in [3.8, 4) is 0 Å². The molecule has 23 heavy (non-hydrogen) atoms. The van der Waals surface area contributed by atoms with Gasteiger partial charge in [-0.05, 0) is 45.4 Å². The molecule has 0 bridgehead atoms. The Morgan fingerprint density at radius 1 is 1.26 bits per heavy atom. The van der Waals surface area contributed by atoms with Crippen molar-refractivity contribution in [1.82, 2.24) is 19.4 Å². The Hall–Kier alpha value is -1.36. The van der Waals surface area contributed by atoms with Crippen LogP contribution in [0.15, 0.2) is 6.33 Å². The van der Waals surface area contributed by atoms with E-state index in [1.807, 2.05) is 6.33 Å². The second-order valence-electron chi connectivity index (χ2n) is 7.70. The Balaban J connectivity index is 1.69. The molecule has 126 valence electrons. The summed E-state index contributed by atoms with van der Waals surface area (Å²) in [6, 6.07) is 0.239. The maximum atomic E-state index is 13.3. The highest BCUT2D eigenvalue weighted by atomic mass is 16.2. The molecule has 2 fully saturated rings. The summed E-state index contributed by atoms with van der Waals surface area (Å²) in [5.41, 5.74) is 2.31. The average molecular weight is 316 g/mol. The van der Waals surface area contributed by atoms with Crippen molar-refractivity contribution < 1.29 is 4.79 Å². The van der Waals surface area contributed by atoms with E-state index in [0.717, 1.165) is 57.1 Å². The summed E-state index contributed by atoms with van der Waals surface area (Å²) in [5, 5.41) is 0. The third-order valence-electron chi connectivity index (χ3n) is 5.57. The fraction of sp³-hybridized carbons (Fsp3) is 0.778. The van der Waals surface area contributed by atoms with Gasteiger partial charge in [-0.15, -0.1) is 0 Å². The van der Waals surface area contributed by atoms with E-state index in [1.54, 1.807) is 0 Å². The summed E-state index contributed by atoms with van der Waals surface area (Å²) < 4.78 is 2.23. The highest BCUT2D eigenvalue weighted by molar-refractivity contribution is 5.83. The van der Waals surface area contributed by atoms with E-state index in [-0.39, 0.29) is 6.04 Å². The lowest BCUT2D eigenvalue weighted by atomic mass is 10.00. The molecule has 1 saturated heterocycles. The molecule has 1 aliphatic carbocycles. The van der Waals surface area contributed by atoms with Crippen LogP contribution in [0, 0.1) is 5.92 Å². The van der Waals surface area contributed by atoms with E-state index in [1.165, 1.54) is 18.5 Å². The number of hydrogen-bond acceptors (Lipinski definition) is 3. The smallest absolute Gasteiger partial charge is 0.246 e. The molecule has 1 atom stereocenters. The SMILES string of the molecule is CC(C)n1cnc2c1C(C(=O)N1CCCC1)N(CC1CC1)CC2. The van der Waals surface area contributed by atoms with Crippen LogP contribution in [0.5, 0.6) is 0 Å². The maximum absolute atomic E-state index is 13.3. The van der Waals surface area contributed by atoms with Crippen LogP contribution in [0.2, 0.25) is 0 Å². The van der Waals surface area contributed by atoms with Gasteiger partial charge in [-0.1, -0.05) is 0 Å². The first-order valence-electron chi connectivity index (χ1n) is 9.23. The van der Waals surface area contributed by atoms with Crippen molar-refractivity contribution in [2.24, 2.45) is 5.92 Å². The van der Waals surface area contributed by atoms with E-state index in [9.17, 15) is 4.79 Å². The minimum absolute atomic E-state index is 0.109. The molecule has 2 aliphatic heterocycles. The molecule has 5 nitrogen and oxygen atoms in total. The molecule has 5 heteroatoms. The van der Waals surface area contributed by atoms with Crippen LogP contribution in [0.25, 0.3) is 0 Å². The second-order valence-corrected chi connectivity index (χ2v) is 7.70. The van der Waals surface area contributed by atoms with Crippen molar-refractivity contribution in [2.45, 2.75) is 58.0 Å². The minimum atomic E-state index is -0.109. The Bertz CT molecular complexity index is 584. The topological polar surface area (TPSA) is 41.4 Å². The van der Waals surface area contributed by atoms with Gasteiger partial charge in [-0.25, -0.2) is 4.98 Å². The number of carbonyl (C=O) groups is 1. The minimum Gasteiger partial charge on any atom is -0.341 e. The van der Waals surface area contributed by atoms with Gasteiger partial charge in [0.2, 0.25) is 5.91 Å². The van der Waals surface area contributed by atoms with Gasteiger partial charge in [-0.3, -0.25) is 9.69 Å². The summed E-state index contributed by atoms with van der Waals surface area (Å²) in [4.78, 5) is 22.4. The van der Waals surface area contributed by atoms with E-state index < -0.39 is 0 Å².